The molecule has 0 radical (unpaired) electrons. The van der Waals surface area contributed by atoms with E-state index in [0.29, 0.717) is 27.4 Å². The van der Waals surface area contributed by atoms with Crippen LogP contribution in [0.5, 0.6) is 0 Å². The number of allylic oxidation sites excluding steroid dienone is 2. The number of hydrogen-bond acceptors (Lipinski definition) is 4. The van der Waals surface area contributed by atoms with Crippen molar-refractivity contribution in [2.75, 3.05) is 13.1 Å². The van der Waals surface area contributed by atoms with E-state index in [0.717, 1.165) is 12.3 Å². The van der Waals surface area contributed by atoms with Crippen LogP contribution in [0.4, 0.5) is 17.6 Å². The van der Waals surface area contributed by atoms with Crippen LogP contribution < -0.4 is 0 Å². The fourth-order valence-electron chi connectivity index (χ4n) is 4.20. The predicted octanol–water partition coefficient (Wildman–Crippen LogP) is 4.38. The summed E-state index contributed by atoms with van der Waals surface area (Å²) in [5.41, 5.74) is -1.84. The summed E-state index contributed by atoms with van der Waals surface area (Å²) in [5.74, 6) is -1.38. The molecule has 2 unspecified atom stereocenters. The molecule has 2 atom stereocenters. The Labute approximate surface area is 196 Å². The summed E-state index contributed by atoms with van der Waals surface area (Å²) in [5, 5.41) is -1.81. The molecular weight excluding hydrogens is 552 g/mol. The molecule has 0 amide bonds. The quantitative estimate of drug-likeness (QED) is 0.511. The van der Waals surface area contributed by atoms with Crippen LogP contribution in [0.3, 0.4) is 0 Å². The molecule has 1 fully saturated rings. The highest BCUT2D eigenvalue weighted by atomic mass is 79.9. The number of sulfonamides is 1. The van der Waals surface area contributed by atoms with Crippen LogP contribution in [0.25, 0.3) is 10.9 Å². The van der Waals surface area contributed by atoms with Crippen LogP contribution in [0.1, 0.15) is 25.3 Å². The standard InChI is InChI=1S/C20H19BrF4N2O4S2/c1-19(6-4-15(21)12-17(19)32(28,29)26-7-2-3-8-26)33(30,31)27-9-5-13-10-14(20(23,24)25)11-16(22)18(13)27/h4-6,9-12,17H,2-3,7-8H2,1H3. The molecular formula is C20H19BrF4N2O4S2. The molecule has 0 saturated carbocycles. The zero-order valence-electron chi connectivity index (χ0n) is 17.2. The predicted molar refractivity (Wildman–Crippen MR) is 119 cm³/mol. The first-order chi connectivity index (χ1) is 15.2. The minimum Gasteiger partial charge on any atom is -0.241 e. The zero-order valence-corrected chi connectivity index (χ0v) is 20.4. The van der Waals surface area contributed by atoms with E-state index < -0.39 is 53.1 Å². The van der Waals surface area contributed by atoms with Crippen LogP contribution in [-0.2, 0) is 26.2 Å². The van der Waals surface area contributed by atoms with E-state index in [9.17, 15) is 34.4 Å². The molecule has 1 aliphatic carbocycles. The summed E-state index contributed by atoms with van der Waals surface area (Å²) in [6.45, 7) is 1.72. The molecule has 13 heteroatoms. The molecule has 0 bridgehead atoms. The molecule has 1 aromatic carbocycles. The number of rotatable bonds is 4. The third kappa shape index (κ3) is 3.86. The fourth-order valence-corrected chi connectivity index (χ4v) is 9.26. The van der Waals surface area contributed by atoms with Crippen molar-refractivity contribution in [3.05, 3.63) is 58.5 Å². The third-order valence-electron chi connectivity index (χ3n) is 6.04. The van der Waals surface area contributed by atoms with Gasteiger partial charge >= 0.3 is 6.18 Å². The molecule has 1 aromatic heterocycles. The van der Waals surface area contributed by atoms with Gasteiger partial charge < -0.3 is 0 Å². The second-order valence-corrected chi connectivity index (χ2v) is 13.3. The van der Waals surface area contributed by atoms with Crippen LogP contribution in [-0.4, -0.2) is 48.2 Å². The largest absolute Gasteiger partial charge is 0.416 e. The van der Waals surface area contributed by atoms with Gasteiger partial charge in [-0.1, -0.05) is 28.1 Å². The lowest BCUT2D eigenvalue weighted by atomic mass is 10.0. The summed E-state index contributed by atoms with van der Waals surface area (Å²) in [6, 6.07) is 1.93. The molecule has 2 aliphatic rings. The van der Waals surface area contributed by atoms with Crippen LogP contribution in [0, 0.1) is 5.82 Å². The first kappa shape index (κ1) is 24.4. The second kappa shape index (κ2) is 7.92. The van der Waals surface area contributed by atoms with Crippen LogP contribution >= 0.6 is 15.9 Å². The van der Waals surface area contributed by atoms with Gasteiger partial charge in [0.05, 0.1) is 11.1 Å². The van der Waals surface area contributed by atoms with Crippen molar-refractivity contribution in [2.45, 2.75) is 35.9 Å². The van der Waals surface area contributed by atoms with Crippen molar-refractivity contribution in [2.24, 2.45) is 0 Å². The average molecular weight is 571 g/mol. The van der Waals surface area contributed by atoms with Gasteiger partial charge in [-0.25, -0.2) is 29.5 Å². The van der Waals surface area contributed by atoms with Crippen molar-refractivity contribution in [3.8, 4) is 0 Å². The van der Waals surface area contributed by atoms with Gasteiger partial charge in [0, 0.05) is 29.2 Å². The summed E-state index contributed by atoms with van der Waals surface area (Å²) in [6.07, 6.45) is 1.27. The van der Waals surface area contributed by atoms with Gasteiger partial charge in [-0.15, -0.1) is 0 Å². The Morgan fingerprint density at radius 1 is 1.12 bits per heavy atom. The summed E-state index contributed by atoms with van der Waals surface area (Å²) in [4.78, 5) is 0. The average Bonchev–Trinajstić information content (AvgIpc) is 3.39. The summed E-state index contributed by atoms with van der Waals surface area (Å²) in [7, 11) is -8.79. The SMILES string of the molecule is CC1(S(=O)(=O)n2ccc3cc(C(F)(F)F)cc(F)c32)C=CC(Br)=CC1S(=O)(=O)N1CCCC1. The van der Waals surface area contributed by atoms with Gasteiger partial charge in [0.15, 0.2) is 0 Å². The number of hydrogen-bond donors (Lipinski definition) is 0. The number of fused-ring (bicyclic) bond motifs is 1. The minimum absolute atomic E-state index is 0.225. The summed E-state index contributed by atoms with van der Waals surface area (Å²) < 4.78 is 108. The zero-order chi connectivity index (χ0) is 24.4. The normalized spacial score (nSPS) is 25.0. The van der Waals surface area contributed by atoms with E-state index in [1.807, 2.05) is 0 Å². The van der Waals surface area contributed by atoms with E-state index in [4.69, 9.17) is 0 Å². The van der Waals surface area contributed by atoms with E-state index in [-0.39, 0.29) is 24.5 Å². The number of nitrogens with zero attached hydrogens (tertiary/aromatic N) is 2. The lowest BCUT2D eigenvalue weighted by Gasteiger charge is -2.37. The smallest absolute Gasteiger partial charge is 0.241 e. The molecule has 180 valence electrons. The van der Waals surface area contributed by atoms with Crippen molar-refractivity contribution in [1.82, 2.24) is 8.28 Å². The molecule has 6 nitrogen and oxygen atoms in total. The Morgan fingerprint density at radius 2 is 1.76 bits per heavy atom. The topological polar surface area (TPSA) is 76.5 Å². The maximum Gasteiger partial charge on any atom is 0.416 e. The fraction of sp³-hybridized carbons (Fsp3) is 0.400. The van der Waals surface area contributed by atoms with E-state index in [1.165, 1.54) is 29.5 Å². The second-order valence-electron chi connectivity index (χ2n) is 8.15. The highest BCUT2D eigenvalue weighted by Gasteiger charge is 2.53. The summed E-state index contributed by atoms with van der Waals surface area (Å²) >= 11 is 3.20. The minimum atomic E-state index is -4.82. The molecule has 0 N–H and O–H groups in total. The van der Waals surface area contributed by atoms with E-state index in [1.54, 1.807) is 0 Å². The van der Waals surface area contributed by atoms with Crippen molar-refractivity contribution in [1.29, 1.82) is 0 Å². The molecule has 2 aromatic rings. The Kier molecular flexibility index (Phi) is 5.86. The molecule has 0 spiro atoms. The molecule has 1 saturated heterocycles. The Hall–Kier alpha value is -1.70. The van der Waals surface area contributed by atoms with Gasteiger partial charge in [0.25, 0.3) is 0 Å². The van der Waals surface area contributed by atoms with Gasteiger partial charge in [-0.3, -0.25) is 0 Å². The van der Waals surface area contributed by atoms with Gasteiger partial charge in [-0.05, 0) is 44.0 Å². The lowest BCUT2D eigenvalue weighted by Crippen LogP contribution is -2.54. The van der Waals surface area contributed by atoms with Crippen molar-refractivity contribution in [3.63, 3.8) is 0 Å². The number of halogens is 5. The first-order valence-corrected chi connectivity index (χ1v) is 13.6. The molecule has 4 rings (SSSR count). The highest BCUT2D eigenvalue weighted by Crippen LogP contribution is 2.40. The van der Waals surface area contributed by atoms with Crippen LogP contribution in [0.15, 0.2) is 47.1 Å². The van der Waals surface area contributed by atoms with E-state index in [2.05, 4.69) is 15.9 Å². The maximum atomic E-state index is 14.8. The Morgan fingerprint density at radius 3 is 2.36 bits per heavy atom. The van der Waals surface area contributed by atoms with Crippen molar-refractivity contribution < 1.29 is 34.4 Å². The van der Waals surface area contributed by atoms with Gasteiger partial charge in [-0.2, -0.15) is 13.2 Å². The molecule has 2 heterocycles. The molecule has 1 aliphatic heterocycles. The number of aromatic nitrogens is 1. The highest BCUT2D eigenvalue weighted by molar-refractivity contribution is 9.11. The number of alkyl halides is 3. The van der Waals surface area contributed by atoms with E-state index >= 15 is 0 Å². The Bertz CT molecular complexity index is 1390. The third-order valence-corrected chi connectivity index (χ3v) is 11.4. The first-order valence-electron chi connectivity index (χ1n) is 9.88. The maximum absolute atomic E-state index is 14.8. The van der Waals surface area contributed by atoms with Crippen LogP contribution in [0.2, 0.25) is 0 Å². The van der Waals surface area contributed by atoms with Gasteiger partial charge in [0.1, 0.15) is 15.8 Å². The molecule has 33 heavy (non-hydrogen) atoms. The van der Waals surface area contributed by atoms with Crippen molar-refractivity contribution >= 4 is 46.9 Å². The Balaban J connectivity index is 1.90. The van der Waals surface area contributed by atoms with Gasteiger partial charge in [0.2, 0.25) is 20.0 Å². The number of benzene rings is 1. The monoisotopic (exact) mass is 570 g/mol. The lowest BCUT2D eigenvalue weighted by molar-refractivity contribution is -0.137.